The van der Waals surface area contributed by atoms with Gasteiger partial charge in [0.1, 0.15) is 12.4 Å². The lowest BCUT2D eigenvalue weighted by atomic mass is 10.1. The van der Waals surface area contributed by atoms with Crippen LogP contribution < -0.4 is 4.74 Å². The molecule has 0 spiro atoms. The number of carboxylic acids is 1. The van der Waals surface area contributed by atoms with Crippen LogP contribution in [0.2, 0.25) is 0 Å². The van der Waals surface area contributed by atoms with Crippen molar-refractivity contribution in [1.29, 1.82) is 0 Å². The molecule has 2 aromatic carbocycles. The molecule has 110 valence electrons. The predicted octanol–water partition coefficient (Wildman–Crippen LogP) is 3.15. The van der Waals surface area contributed by atoms with Gasteiger partial charge in [0.15, 0.2) is 0 Å². The highest BCUT2D eigenvalue weighted by Crippen LogP contribution is 2.24. The summed E-state index contributed by atoms with van der Waals surface area (Å²) in [7, 11) is 0. The Hall–Kier alpha value is -1.85. The van der Waals surface area contributed by atoms with E-state index < -0.39 is 5.97 Å². The summed E-state index contributed by atoms with van der Waals surface area (Å²) in [6.45, 7) is 0.142. The fourth-order valence-electron chi connectivity index (χ4n) is 2.00. The molecule has 5 heteroatoms. The third-order valence-electron chi connectivity index (χ3n) is 3.04. The topological polar surface area (TPSA) is 66.8 Å². The lowest BCUT2D eigenvalue weighted by Crippen LogP contribution is -2.06. The molecule has 0 saturated carbocycles. The Balaban J connectivity index is 2.15. The first-order chi connectivity index (χ1) is 10.1. The zero-order valence-electron chi connectivity index (χ0n) is 11.3. The van der Waals surface area contributed by atoms with Crippen LogP contribution in [0.4, 0.5) is 0 Å². The maximum absolute atomic E-state index is 10.9. The van der Waals surface area contributed by atoms with Gasteiger partial charge in [0.25, 0.3) is 0 Å². The second-order valence-corrected chi connectivity index (χ2v) is 5.45. The second kappa shape index (κ2) is 7.24. The van der Waals surface area contributed by atoms with E-state index in [1.807, 2.05) is 18.2 Å². The third kappa shape index (κ3) is 4.31. The first kappa shape index (κ1) is 15.5. The first-order valence-electron chi connectivity index (χ1n) is 6.41. The van der Waals surface area contributed by atoms with Crippen LogP contribution in [-0.4, -0.2) is 16.2 Å². The average molecular weight is 351 g/mol. The third-order valence-corrected chi connectivity index (χ3v) is 3.53. The van der Waals surface area contributed by atoms with Crippen molar-refractivity contribution in [2.24, 2.45) is 0 Å². The molecular weight excluding hydrogens is 336 g/mol. The molecule has 0 atom stereocenters. The number of benzene rings is 2. The summed E-state index contributed by atoms with van der Waals surface area (Å²) < 4.78 is 6.58. The van der Waals surface area contributed by atoms with Crippen LogP contribution in [0, 0.1) is 0 Å². The normalized spacial score (nSPS) is 10.4. The van der Waals surface area contributed by atoms with E-state index in [-0.39, 0.29) is 19.6 Å². The lowest BCUT2D eigenvalue weighted by molar-refractivity contribution is -0.136. The molecule has 0 amide bonds. The quantitative estimate of drug-likeness (QED) is 0.839. The van der Waals surface area contributed by atoms with Crippen molar-refractivity contribution in [2.45, 2.75) is 19.6 Å². The van der Waals surface area contributed by atoms with Crippen LogP contribution in [-0.2, 0) is 24.4 Å². The highest BCUT2D eigenvalue weighted by molar-refractivity contribution is 9.10. The number of hydrogen-bond donors (Lipinski definition) is 2. The maximum Gasteiger partial charge on any atom is 0.307 e. The number of aliphatic carboxylic acids is 1. The predicted molar refractivity (Wildman–Crippen MR) is 82.2 cm³/mol. The fourth-order valence-corrected chi connectivity index (χ4v) is 2.41. The van der Waals surface area contributed by atoms with E-state index in [0.717, 1.165) is 15.6 Å². The van der Waals surface area contributed by atoms with Crippen molar-refractivity contribution < 1.29 is 19.7 Å². The Morgan fingerprint density at radius 1 is 1.10 bits per heavy atom. The standard InChI is InChI=1S/C16H15BrO4/c17-14-5-6-15(13(7-14)9-18)21-10-12-4-2-1-3-11(12)8-16(19)20/h1-7,18H,8-10H2,(H,19,20). The Morgan fingerprint density at radius 2 is 1.81 bits per heavy atom. The van der Waals surface area contributed by atoms with Crippen molar-refractivity contribution in [1.82, 2.24) is 0 Å². The van der Waals surface area contributed by atoms with Crippen LogP contribution in [0.25, 0.3) is 0 Å². The van der Waals surface area contributed by atoms with Crippen molar-refractivity contribution in [3.8, 4) is 5.75 Å². The van der Waals surface area contributed by atoms with Crippen LogP contribution in [0.3, 0.4) is 0 Å². The minimum atomic E-state index is -0.873. The minimum absolute atomic E-state index is 0.0350. The molecule has 4 nitrogen and oxygen atoms in total. The molecule has 0 heterocycles. The van der Waals surface area contributed by atoms with Gasteiger partial charge < -0.3 is 14.9 Å². The van der Waals surface area contributed by atoms with Crippen LogP contribution in [0.15, 0.2) is 46.9 Å². The molecule has 2 rings (SSSR count). The molecule has 2 N–H and O–H groups in total. The molecule has 0 aliphatic rings. The highest BCUT2D eigenvalue weighted by atomic mass is 79.9. The number of ether oxygens (including phenoxy) is 1. The van der Waals surface area contributed by atoms with E-state index in [2.05, 4.69) is 15.9 Å². The Kier molecular flexibility index (Phi) is 5.36. The number of aliphatic hydroxyl groups excluding tert-OH is 1. The van der Waals surface area contributed by atoms with Crippen LogP contribution >= 0.6 is 15.9 Å². The number of aliphatic hydroxyl groups is 1. The van der Waals surface area contributed by atoms with Crippen LogP contribution in [0.1, 0.15) is 16.7 Å². The van der Waals surface area contributed by atoms with Gasteiger partial charge in [0, 0.05) is 10.0 Å². The summed E-state index contributed by atoms with van der Waals surface area (Å²) in [5.74, 6) is -0.284. The smallest absolute Gasteiger partial charge is 0.307 e. The van der Waals surface area contributed by atoms with Gasteiger partial charge in [0.2, 0.25) is 0 Å². The number of carbonyl (C=O) groups is 1. The molecule has 0 unspecified atom stereocenters. The summed E-state index contributed by atoms with van der Waals surface area (Å²) >= 11 is 3.34. The summed E-state index contributed by atoms with van der Waals surface area (Å²) in [6.07, 6.45) is -0.0350. The molecular formula is C16H15BrO4. The zero-order chi connectivity index (χ0) is 15.2. The first-order valence-corrected chi connectivity index (χ1v) is 7.20. The summed E-state index contributed by atoms with van der Waals surface area (Å²) in [5, 5.41) is 18.2. The molecule has 0 aliphatic carbocycles. The molecule has 2 aromatic rings. The van der Waals surface area contributed by atoms with E-state index in [9.17, 15) is 9.90 Å². The summed E-state index contributed by atoms with van der Waals surface area (Å²) in [6, 6.07) is 12.7. The second-order valence-electron chi connectivity index (χ2n) is 4.54. The monoisotopic (exact) mass is 350 g/mol. The SMILES string of the molecule is O=C(O)Cc1ccccc1COc1ccc(Br)cc1CO. The molecule has 21 heavy (non-hydrogen) atoms. The van der Waals surface area contributed by atoms with E-state index in [4.69, 9.17) is 9.84 Å². The van der Waals surface area contributed by atoms with Gasteiger partial charge in [-0.25, -0.2) is 0 Å². The van der Waals surface area contributed by atoms with Crippen LogP contribution in [0.5, 0.6) is 5.75 Å². The van der Waals surface area contributed by atoms with Crippen molar-refractivity contribution in [3.05, 3.63) is 63.6 Å². The zero-order valence-corrected chi connectivity index (χ0v) is 12.8. The number of halogens is 1. The molecule has 0 bridgehead atoms. The van der Waals surface area contributed by atoms with Crippen molar-refractivity contribution >= 4 is 21.9 Å². The largest absolute Gasteiger partial charge is 0.489 e. The van der Waals surface area contributed by atoms with Gasteiger partial charge in [-0.2, -0.15) is 0 Å². The fraction of sp³-hybridized carbons (Fsp3) is 0.188. The Bertz CT molecular complexity index is 640. The van der Waals surface area contributed by atoms with E-state index in [1.54, 1.807) is 24.3 Å². The lowest BCUT2D eigenvalue weighted by Gasteiger charge is -2.12. The minimum Gasteiger partial charge on any atom is -0.489 e. The average Bonchev–Trinajstić information content (AvgIpc) is 2.46. The van der Waals surface area contributed by atoms with Gasteiger partial charge in [-0.05, 0) is 29.3 Å². The van der Waals surface area contributed by atoms with E-state index in [1.165, 1.54) is 0 Å². The van der Waals surface area contributed by atoms with Gasteiger partial charge in [-0.1, -0.05) is 40.2 Å². The van der Waals surface area contributed by atoms with Crippen molar-refractivity contribution in [2.75, 3.05) is 0 Å². The molecule has 0 aliphatic heterocycles. The van der Waals surface area contributed by atoms with Gasteiger partial charge in [-0.3, -0.25) is 4.79 Å². The maximum atomic E-state index is 10.9. The van der Waals surface area contributed by atoms with Gasteiger partial charge in [-0.15, -0.1) is 0 Å². The number of rotatable bonds is 6. The Labute approximate surface area is 131 Å². The summed E-state index contributed by atoms with van der Waals surface area (Å²) in [4.78, 5) is 10.9. The molecule has 0 aromatic heterocycles. The Morgan fingerprint density at radius 3 is 2.48 bits per heavy atom. The van der Waals surface area contributed by atoms with E-state index in [0.29, 0.717) is 11.3 Å². The van der Waals surface area contributed by atoms with Gasteiger partial charge >= 0.3 is 5.97 Å². The molecule has 0 radical (unpaired) electrons. The number of carboxylic acid groups (broad SMARTS) is 1. The number of hydrogen-bond acceptors (Lipinski definition) is 3. The van der Waals surface area contributed by atoms with Crippen molar-refractivity contribution in [3.63, 3.8) is 0 Å². The van der Waals surface area contributed by atoms with Gasteiger partial charge in [0.05, 0.1) is 13.0 Å². The highest BCUT2D eigenvalue weighted by Gasteiger charge is 2.08. The molecule has 0 fully saturated rings. The van der Waals surface area contributed by atoms with E-state index >= 15 is 0 Å². The summed E-state index contributed by atoms with van der Waals surface area (Å²) in [5.41, 5.74) is 2.24. The molecule has 0 saturated heterocycles.